The SMILES string of the molecule is FC(F)(F)c1ccc(C[N+]2(CCOc3ccc4c(c3)oc3cc(Cl)ccc34)CCCCC2)cc1. The summed E-state index contributed by atoms with van der Waals surface area (Å²) in [5.41, 5.74) is 1.82. The average Bonchev–Trinajstić information content (AvgIpc) is 3.16. The van der Waals surface area contributed by atoms with Crippen LogP contribution in [0, 0.1) is 0 Å². The molecule has 0 N–H and O–H groups in total. The summed E-state index contributed by atoms with van der Waals surface area (Å²) in [7, 11) is 0. The maximum Gasteiger partial charge on any atom is 0.416 e. The van der Waals surface area contributed by atoms with Crippen molar-refractivity contribution in [3.8, 4) is 5.75 Å². The molecule has 0 amide bonds. The minimum Gasteiger partial charge on any atom is -0.488 e. The third-order valence-electron chi connectivity index (χ3n) is 6.81. The maximum absolute atomic E-state index is 12.9. The first-order valence-electron chi connectivity index (χ1n) is 11.6. The topological polar surface area (TPSA) is 22.4 Å². The molecule has 1 fully saturated rings. The second kappa shape index (κ2) is 9.16. The Kier molecular flexibility index (Phi) is 6.21. The summed E-state index contributed by atoms with van der Waals surface area (Å²) < 4.78 is 51.7. The highest BCUT2D eigenvalue weighted by Crippen LogP contribution is 2.33. The van der Waals surface area contributed by atoms with Crippen molar-refractivity contribution in [2.75, 3.05) is 26.2 Å². The van der Waals surface area contributed by atoms with Gasteiger partial charge < -0.3 is 13.6 Å². The van der Waals surface area contributed by atoms with Crippen LogP contribution in [0.3, 0.4) is 0 Å². The zero-order chi connectivity index (χ0) is 23.8. The van der Waals surface area contributed by atoms with Crippen LogP contribution in [0.15, 0.2) is 65.1 Å². The molecule has 1 saturated heterocycles. The number of hydrogen-bond donors (Lipinski definition) is 0. The Balaban J connectivity index is 1.28. The number of alkyl halides is 3. The number of nitrogens with zero attached hydrogens (tertiary/aromatic N) is 1. The van der Waals surface area contributed by atoms with E-state index in [0.717, 1.165) is 70.2 Å². The van der Waals surface area contributed by atoms with Crippen molar-refractivity contribution in [2.24, 2.45) is 0 Å². The maximum atomic E-state index is 12.9. The molecule has 0 spiro atoms. The fraction of sp³-hybridized carbons (Fsp3) is 0.333. The van der Waals surface area contributed by atoms with E-state index in [9.17, 15) is 13.2 Å². The summed E-state index contributed by atoms with van der Waals surface area (Å²) in [6, 6.07) is 17.0. The van der Waals surface area contributed by atoms with Gasteiger partial charge in [0.2, 0.25) is 0 Å². The first-order chi connectivity index (χ1) is 16.3. The Morgan fingerprint density at radius 1 is 0.853 bits per heavy atom. The van der Waals surface area contributed by atoms with Crippen molar-refractivity contribution in [2.45, 2.75) is 32.0 Å². The van der Waals surface area contributed by atoms with Gasteiger partial charge >= 0.3 is 6.18 Å². The van der Waals surface area contributed by atoms with Crippen LogP contribution in [0.5, 0.6) is 5.75 Å². The Morgan fingerprint density at radius 2 is 1.53 bits per heavy atom. The van der Waals surface area contributed by atoms with Gasteiger partial charge in [-0.1, -0.05) is 23.7 Å². The van der Waals surface area contributed by atoms with Crippen LogP contribution >= 0.6 is 11.6 Å². The molecular formula is C27H26ClF3NO2+. The molecule has 0 atom stereocenters. The van der Waals surface area contributed by atoms with Gasteiger partial charge in [0.25, 0.3) is 0 Å². The van der Waals surface area contributed by atoms with E-state index >= 15 is 0 Å². The smallest absolute Gasteiger partial charge is 0.416 e. The number of rotatable bonds is 6. The van der Waals surface area contributed by atoms with E-state index in [1.807, 2.05) is 36.4 Å². The van der Waals surface area contributed by atoms with E-state index in [1.54, 1.807) is 12.1 Å². The summed E-state index contributed by atoms with van der Waals surface area (Å²) in [5.74, 6) is 0.738. The van der Waals surface area contributed by atoms with Gasteiger partial charge in [-0.25, -0.2) is 0 Å². The molecule has 3 aromatic carbocycles. The molecule has 4 aromatic rings. The number of benzene rings is 3. The number of halogens is 4. The molecule has 0 radical (unpaired) electrons. The van der Waals surface area contributed by atoms with Gasteiger partial charge in [0.15, 0.2) is 0 Å². The standard InChI is InChI=1S/C27H26ClF3NO2/c28-21-8-10-23-24-11-9-22(17-26(24)34-25(23)16-21)33-15-14-32(12-2-1-3-13-32)18-19-4-6-20(7-5-19)27(29,30)31/h4-11,16-17H,1-3,12-15,18H2/q+1. The molecule has 0 saturated carbocycles. The summed E-state index contributed by atoms with van der Waals surface area (Å²) >= 11 is 6.08. The van der Waals surface area contributed by atoms with Crippen LogP contribution in [-0.2, 0) is 12.7 Å². The molecule has 1 aliphatic rings. The monoisotopic (exact) mass is 488 g/mol. The van der Waals surface area contributed by atoms with Crippen molar-refractivity contribution in [1.82, 2.24) is 0 Å². The summed E-state index contributed by atoms with van der Waals surface area (Å²) in [4.78, 5) is 0. The highest BCUT2D eigenvalue weighted by molar-refractivity contribution is 6.31. The Morgan fingerprint density at radius 3 is 2.24 bits per heavy atom. The summed E-state index contributed by atoms with van der Waals surface area (Å²) in [6.45, 7) is 4.05. The fourth-order valence-corrected chi connectivity index (χ4v) is 5.17. The predicted octanol–water partition coefficient (Wildman–Crippen LogP) is 7.84. The third kappa shape index (κ3) is 4.89. The lowest BCUT2D eigenvalue weighted by molar-refractivity contribution is -0.945. The molecule has 1 aliphatic heterocycles. The number of hydrogen-bond acceptors (Lipinski definition) is 2. The second-order valence-corrected chi connectivity index (χ2v) is 9.61. The van der Waals surface area contributed by atoms with Gasteiger partial charge in [0.05, 0.1) is 18.7 Å². The number of quaternary nitrogens is 1. The van der Waals surface area contributed by atoms with Crippen LogP contribution in [0.25, 0.3) is 21.9 Å². The highest BCUT2D eigenvalue weighted by Gasteiger charge is 2.32. The lowest BCUT2D eigenvalue weighted by Gasteiger charge is -2.41. The van der Waals surface area contributed by atoms with E-state index in [0.29, 0.717) is 18.2 Å². The lowest BCUT2D eigenvalue weighted by Crippen LogP contribution is -2.52. The van der Waals surface area contributed by atoms with Crippen molar-refractivity contribution < 1.29 is 26.8 Å². The van der Waals surface area contributed by atoms with E-state index < -0.39 is 11.7 Å². The van der Waals surface area contributed by atoms with Crippen LogP contribution in [0.4, 0.5) is 13.2 Å². The number of ether oxygens (including phenoxy) is 1. The summed E-state index contributed by atoms with van der Waals surface area (Å²) in [6.07, 6.45) is -0.875. The molecule has 0 aliphatic carbocycles. The number of likely N-dealkylation sites (tertiary alicyclic amines) is 1. The summed E-state index contributed by atoms with van der Waals surface area (Å²) in [5, 5.41) is 2.66. The molecule has 7 heteroatoms. The minimum atomic E-state index is -4.31. The van der Waals surface area contributed by atoms with Crippen LogP contribution in [0.2, 0.25) is 5.02 Å². The highest BCUT2D eigenvalue weighted by atomic mass is 35.5. The molecule has 2 heterocycles. The minimum absolute atomic E-state index is 0.526. The number of fused-ring (bicyclic) bond motifs is 3. The zero-order valence-electron chi connectivity index (χ0n) is 18.7. The Hall–Kier alpha value is -2.70. The molecular weight excluding hydrogens is 463 g/mol. The van der Waals surface area contributed by atoms with Crippen LogP contribution in [0.1, 0.15) is 30.4 Å². The van der Waals surface area contributed by atoms with Crippen LogP contribution < -0.4 is 4.74 Å². The molecule has 1 aromatic heterocycles. The average molecular weight is 489 g/mol. The van der Waals surface area contributed by atoms with Crippen LogP contribution in [-0.4, -0.2) is 30.7 Å². The molecule has 0 bridgehead atoms. The Labute approximate surface area is 201 Å². The predicted molar refractivity (Wildman–Crippen MR) is 128 cm³/mol. The van der Waals surface area contributed by atoms with E-state index in [-0.39, 0.29) is 0 Å². The molecule has 5 rings (SSSR count). The van der Waals surface area contributed by atoms with E-state index in [4.69, 9.17) is 20.8 Å². The fourth-order valence-electron chi connectivity index (χ4n) is 5.01. The Bertz CT molecular complexity index is 1290. The quantitative estimate of drug-likeness (QED) is 0.258. The van der Waals surface area contributed by atoms with Crippen molar-refractivity contribution in [3.05, 3.63) is 76.8 Å². The largest absolute Gasteiger partial charge is 0.488 e. The zero-order valence-corrected chi connectivity index (χ0v) is 19.5. The molecule has 34 heavy (non-hydrogen) atoms. The first kappa shape index (κ1) is 23.1. The molecule has 178 valence electrons. The van der Waals surface area contributed by atoms with Gasteiger partial charge in [-0.3, -0.25) is 0 Å². The van der Waals surface area contributed by atoms with Gasteiger partial charge in [0, 0.05) is 33.5 Å². The van der Waals surface area contributed by atoms with Gasteiger partial charge in [-0.15, -0.1) is 0 Å². The normalized spacial score (nSPS) is 16.2. The molecule has 3 nitrogen and oxygen atoms in total. The third-order valence-corrected chi connectivity index (χ3v) is 7.04. The van der Waals surface area contributed by atoms with E-state index in [1.165, 1.54) is 18.6 Å². The van der Waals surface area contributed by atoms with Gasteiger partial charge in [-0.2, -0.15) is 13.2 Å². The van der Waals surface area contributed by atoms with Gasteiger partial charge in [0.1, 0.15) is 36.6 Å². The number of furan rings is 1. The lowest BCUT2D eigenvalue weighted by atomic mass is 10.0. The first-order valence-corrected chi connectivity index (χ1v) is 12.0. The van der Waals surface area contributed by atoms with E-state index in [2.05, 4.69) is 0 Å². The second-order valence-electron chi connectivity index (χ2n) is 9.17. The number of piperidine rings is 1. The van der Waals surface area contributed by atoms with Gasteiger partial charge in [-0.05, 0) is 55.7 Å². The molecule has 0 unspecified atom stereocenters. The van der Waals surface area contributed by atoms with Crippen molar-refractivity contribution >= 4 is 33.5 Å². The van der Waals surface area contributed by atoms with Crippen molar-refractivity contribution in [1.29, 1.82) is 0 Å². The van der Waals surface area contributed by atoms with Crippen molar-refractivity contribution in [3.63, 3.8) is 0 Å².